The first-order valence-corrected chi connectivity index (χ1v) is 7.85. The third-order valence-corrected chi connectivity index (χ3v) is 3.58. The van der Waals surface area contributed by atoms with Crippen LogP contribution in [0, 0.1) is 0 Å². The molecular formula is C19H21NO5. The number of benzene rings is 2. The molecule has 0 fully saturated rings. The summed E-state index contributed by atoms with van der Waals surface area (Å²) < 4.78 is 10.4. The van der Waals surface area contributed by atoms with Crippen molar-refractivity contribution in [2.45, 2.75) is 19.1 Å². The lowest BCUT2D eigenvalue weighted by Crippen LogP contribution is -2.43. The van der Waals surface area contributed by atoms with Gasteiger partial charge in [-0.25, -0.2) is 4.79 Å². The largest absolute Gasteiger partial charge is 0.497 e. The second kappa shape index (κ2) is 9.44. The number of carboxylic acid groups (broad SMARTS) is 1. The quantitative estimate of drug-likeness (QED) is 0.728. The molecule has 0 aliphatic carbocycles. The summed E-state index contributed by atoms with van der Waals surface area (Å²) in [5.41, 5.74) is 1.74. The van der Waals surface area contributed by atoms with Gasteiger partial charge in [0, 0.05) is 6.42 Å². The highest BCUT2D eigenvalue weighted by Gasteiger charge is 2.20. The molecule has 0 saturated carbocycles. The van der Waals surface area contributed by atoms with Crippen LogP contribution in [-0.2, 0) is 27.4 Å². The summed E-state index contributed by atoms with van der Waals surface area (Å²) in [6, 6.07) is 15.5. The minimum Gasteiger partial charge on any atom is -0.497 e. The Kier molecular flexibility index (Phi) is 6.98. The summed E-state index contributed by atoms with van der Waals surface area (Å²) in [5.74, 6) is -0.863. The number of hydrogen-bond acceptors (Lipinski definition) is 4. The van der Waals surface area contributed by atoms with Crippen LogP contribution < -0.4 is 10.1 Å². The topological polar surface area (TPSA) is 84.9 Å². The first-order valence-electron chi connectivity index (χ1n) is 7.85. The number of ether oxygens (including phenoxy) is 2. The van der Waals surface area contributed by atoms with Gasteiger partial charge in [-0.1, -0.05) is 42.5 Å². The average molecular weight is 343 g/mol. The van der Waals surface area contributed by atoms with Gasteiger partial charge in [-0.15, -0.1) is 0 Å². The standard InChI is InChI=1S/C19H21NO5/c1-24-16-9-7-14(8-10-16)11-17(19(22)23)20-18(21)13-25-12-15-5-3-2-4-6-15/h2-10,17H,11-13H2,1H3,(H,20,21)(H,22,23)/t17-/m1/s1. The second-order valence-corrected chi connectivity index (χ2v) is 5.49. The summed E-state index contributed by atoms with van der Waals surface area (Å²) in [7, 11) is 1.56. The molecule has 0 aliphatic rings. The minimum absolute atomic E-state index is 0.184. The van der Waals surface area contributed by atoms with Crippen molar-refractivity contribution in [3.63, 3.8) is 0 Å². The molecule has 6 nitrogen and oxygen atoms in total. The van der Waals surface area contributed by atoms with Crippen molar-refractivity contribution >= 4 is 11.9 Å². The number of nitrogens with one attached hydrogen (secondary N) is 1. The molecule has 0 unspecified atom stereocenters. The number of methoxy groups -OCH3 is 1. The van der Waals surface area contributed by atoms with Crippen LogP contribution in [0.15, 0.2) is 54.6 Å². The molecule has 0 aliphatic heterocycles. The van der Waals surface area contributed by atoms with Gasteiger partial charge in [-0.2, -0.15) is 0 Å². The number of rotatable bonds is 9. The zero-order chi connectivity index (χ0) is 18.1. The van der Waals surface area contributed by atoms with E-state index in [4.69, 9.17) is 9.47 Å². The van der Waals surface area contributed by atoms with Crippen molar-refractivity contribution in [1.29, 1.82) is 0 Å². The number of aliphatic carboxylic acids is 1. The van der Waals surface area contributed by atoms with Crippen LogP contribution in [0.4, 0.5) is 0 Å². The summed E-state index contributed by atoms with van der Waals surface area (Å²) in [5, 5.41) is 11.8. The molecule has 2 N–H and O–H groups in total. The molecule has 132 valence electrons. The van der Waals surface area contributed by atoms with Crippen molar-refractivity contribution in [3.8, 4) is 5.75 Å². The maximum absolute atomic E-state index is 11.9. The molecule has 0 saturated heterocycles. The van der Waals surface area contributed by atoms with E-state index in [2.05, 4.69) is 5.32 Å². The van der Waals surface area contributed by atoms with Crippen LogP contribution in [-0.4, -0.2) is 36.7 Å². The van der Waals surface area contributed by atoms with Crippen molar-refractivity contribution in [2.24, 2.45) is 0 Å². The van der Waals surface area contributed by atoms with Gasteiger partial charge in [-0.05, 0) is 23.3 Å². The molecular weight excluding hydrogens is 322 g/mol. The lowest BCUT2D eigenvalue weighted by Gasteiger charge is -2.15. The van der Waals surface area contributed by atoms with Gasteiger partial charge >= 0.3 is 5.97 Å². The Labute approximate surface area is 146 Å². The Morgan fingerprint density at radius 2 is 1.72 bits per heavy atom. The molecule has 0 aromatic heterocycles. The normalized spacial score (nSPS) is 11.6. The van der Waals surface area contributed by atoms with Crippen molar-refractivity contribution in [1.82, 2.24) is 5.32 Å². The van der Waals surface area contributed by atoms with E-state index in [0.29, 0.717) is 12.4 Å². The highest BCUT2D eigenvalue weighted by atomic mass is 16.5. The van der Waals surface area contributed by atoms with E-state index in [1.54, 1.807) is 31.4 Å². The average Bonchev–Trinajstić information content (AvgIpc) is 2.62. The lowest BCUT2D eigenvalue weighted by molar-refractivity contribution is -0.142. The smallest absolute Gasteiger partial charge is 0.326 e. The van der Waals surface area contributed by atoms with Crippen LogP contribution in [0.3, 0.4) is 0 Å². The molecule has 2 aromatic rings. The van der Waals surface area contributed by atoms with Gasteiger partial charge in [-0.3, -0.25) is 4.79 Å². The third kappa shape index (κ3) is 6.27. The molecule has 0 spiro atoms. The van der Waals surface area contributed by atoms with Crippen LogP contribution in [0.5, 0.6) is 5.75 Å². The Bertz CT molecular complexity index is 685. The van der Waals surface area contributed by atoms with Crippen molar-refractivity contribution < 1.29 is 24.2 Å². The van der Waals surface area contributed by atoms with E-state index in [-0.39, 0.29) is 13.0 Å². The fourth-order valence-corrected chi connectivity index (χ4v) is 2.27. The van der Waals surface area contributed by atoms with E-state index in [9.17, 15) is 14.7 Å². The lowest BCUT2D eigenvalue weighted by atomic mass is 10.1. The van der Waals surface area contributed by atoms with Crippen LogP contribution in [0.1, 0.15) is 11.1 Å². The van der Waals surface area contributed by atoms with Gasteiger partial charge in [0.1, 0.15) is 18.4 Å². The maximum atomic E-state index is 11.9. The fraction of sp³-hybridized carbons (Fsp3) is 0.263. The molecule has 1 amide bonds. The van der Waals surface area contributed by atoms with Gasteiger partial charge in [0.25, 0.3) is 0 Å². The van der Waals surface area contributed by atoms with E-state index >= 15 is 0 Å². The molecule has 0 radical (unpaired) electrons. The molecule has 2 rings (SSSR count). The van der Waals surface area contributed by atoms with Gasteiger partial charge in [0.2, 0.25) is 5.91 Å². The summed E-state index contributed by atoms with van der Waals surface area (Å²) in [6.07, 6.45) is 0.184. The Hall–Kier alpha value is -2.86. The number of carbonyl (C=O) groups excluding carboxylic acids is 1. The van der Waals surface area contributed by atoms with Crippen LogP contribution >= 0.6 is 0 Å². The summed E-state index contributed by atoms with van der Waals surface area (Å²) >= 11 is 0. The first kappa shape index (κ1) is 18.5. The number of carboxylic acids is 1. The minimum atomic E-state index is -1.09. The maximum Gasteiger partial charge on any atom is 0.326 e. The first-order chi connectivity index (χ1) is 12.1. The Balaban J connectivity index is 1.83. The zero-order valence-electron chi connectivity index (χ0n) is 14.0. The second-order valence-electron chi connectivity index (χ2n) is 5.49. The predicted molar refractivity (Wildman–Crippen MR) is 92.4 cm³/mol. The highest BCUT2D eigenvalue weighted by molar-refractivity contribution is 5.84. The van der Waals surface area contributed by atoms with Gasteiger partial charge < -0.3 is 19.9 Å². The highest BCUT2D eigenvalue weighted by Crippen LogP contribution is 2.13. The third-order valence-electron chi connectivity index (χ3n) is 3.58. The zero-order valence-corrected chi connectivity index (χ0v) is 14.0. The number of hydrogen-bond donors (Lipinski definition) is 2. The molecule has 6 heteroatoms. The molecule has 0 bridgehead atoms. The van der Waals surface area contributed by atoms with E-state index < -0.39 is 17.9 Å². The van der Waals surface area contributed by atoms with Crippen molar-refractivity contribution in [3.05, 3.63) is 65.7 Å². The molecule has 0 heterocycles. The summed E-state index contributed by atoms with van der Waals surface area (Å²) in [6.45, 7) is 0.103. The van der Waals surface area contributed by atoms with Gasteiger partial charge in [0.05, 0.1) is 13.7 Å². The Morgan fingerprint density at radius 1 is 1.04 bits per heavy atom. The van der Waals surface area contributed by atoms with Crippen LogP contribution in [0.25, 0.3) is 0 Å². The van der Waals surface area contributed by atoms with Crippen molar-refractivity contribution in [2.75, 3.05) is 13.7 Å². The van der Waals surface area contributed by atoms with Gasteiger partial charge in [0.15, 0.2) is 0 Å². The molecule has 2 aromatic carbocycles. The Morgan fingerprint density at radius 3 is 2.32 bits per heavy atom. The van der Waals surface area contributed by atoms with E-state index in [0.717, 1.165) is 11.1 Å². The fourth-order valence-electron chi connectivity index (χ4n) is 2.27. The predicted octanol–water partition coefficient (Wildman–Crippen LogP) is 2.02. The molecule has 1 atom stereocenters. The van der Waals surface area contributed by atoms with E-state index in [1.807, 2.05) is 30.3 Å². The van der Waals surface area contributed by atoms with Crippen LogP contribution in [0.2, 0.25) is 0 Å². The summed E-state index contributed by atoms with van der Waals surface area (Å²) in [4.78, 5) is 23.3. The SMILES string of the molecule is COc1ccc(C[C@@H](NC(=O)COCc2ccccc2)C(=O)O)cc1. The number of amides is 1. The van der Waals surface area contributed by atoms with E-state index in [1.165, 1.54) is 0 Å². The number of carbonyl (C=O) groups is 2. The molecule has 25 heavy (non-hydrogen) atoms. The monoisotopic (exact) mass is 343 g/mol.